The van der Waals surface area contributed by atoms with E-state index < -0.39 is 6.10 Å². The predicted octanol–water partition coefficient (Wildman–Crippen LogP) is 17.9. The largest absolute Gasteiger partial charge is 0.462 e. The summed E-state index contributed by atoms with van der Waals surface area (Å²) < 4.78 is 16.8. The third-order valence-electron chi connectivity index (χ3n) is 11.9. The molecule has 0 aromatic heterocycles. The second-order valence-corrected chi connectivity index (χ2v) is 18.2. The van der Waals surface area contributed by atoms with E-state index in [9.17, 15) is 14.4 Å². The Kier molecular flexibility index (Phi) is 49.8. The van der Waals surface area contributed by atoms with E-state index in [1.807, 2.05) is 0 Å². The lowest BCUT2D eigenvalue weighted by atomic mass is 10.0. The van der Waals surface area contributed by atoms with Crippen LogP contribution < -0.4 is 0 Å². The first kappa shape index (κ1) is 60.4. The maximum absolute atomic E-state index is 12.8. The zero-order chi connectivity index (χ0) is 45.8. The number of hydrogen-bond donors (Lipinski definition) is 0. The molecule has 0 aliphatic heterocycles. The number of allylic oxidation sites excluding steroid dienone is 8. The molecule has 0 aromatic rings. The Bertz CT molecular complexity index is 1110. The second-order valence-electron chi connectivity index (χ2n) is 18.2. The Balaban J connectivity index is 4.33. The van der Waals surface area contributed by atoms with Gasteiger partial charge in [-0.15, -0.1) is 0 Å². The molecule has 0 aliphatic rings. The zero-order valence-electron chi connectivity index (χ0n) is 41.8. The molecule has 0 rings (SSSR count). The zero-order valence-corrected chi connectivity index (χ0v) is 41.8. The van der Waals surface area contributed by atoms with E-state index in [0.717, 1.165) is 96.3 Å². The van der Waals surface area contributed by atoms with Crippen LogP contribution in [0.15, 0.2) is 48.6 Å². The maximum atomic E-state index is 12.8. The summed E-state index contributed by atoms with van der Waals surface area (Å²) in [6.45, 7) is 6.49. The highest BCUT2D eigenvalue weighted by Gasteiger charge is 2.19. The Hall–Kier alpha value is -2.63. The van der Waals surface area contributed by atoms with Crippen LogP contribution in [0, 0.1) is 0 Å². The van der Waals surface area contributed by atoms with Gasteiger partial charge in [-0.05, 0) is 64.2 Å². The minimum absolute atomic E-state index is 0.0837. The van der Waals surface area contributed by atoms with Gasteiger partial charge < -0.3 is 14.2 Å². The number of rotatable bonds is 49. The number of hydrogen-bond acceptors (Lipinski definition) is 6. The number of esters is 3. The van der Waals surface area contributed by atoms with Crippen molar-refractivity contribution in [2.45, 2.75) is 284 Å². The Morgan fingerprint density at radius 2 is 0.635 bits per heavy atom. The summed E-state index contributed by atoms with van der Waals surface area (Å²) in [5.41, 5.74) is 0. The van der Waals surface area contributed by atoms with Crippen molar-refractivity contribution in [1.29, 1.82) is 0 Å². The number of unbranched alkanes of at least 4 members (excludes halogenated alkanes) is 32. The summed E-state index contributed by atoms with van der Waals surface area (Å²) in [7, 11) is 0. The number of carbonyl (C=O) groups is 3. The smallest absolute Gasteiger partial charge is 0.306 e. The van der Waals surface area contributed by atoms with Gasteiger partial charge in [-0.2, -0.15) is 0 Å². The summed E-state index contributed by atoms with van der Waals surface area (Å²) in [6, 6.07) is 0. The highest BCUT2D eigenvalue weighted by molar-refractivity contribution is 5.71. The van der Waals surface area contributed by atoms with Crippen molar-refractivity contribution in [3.63, 3.8) is 0 Å². The fourth-order valence-electron chi connectivity index (χ4n) is 7.79. The third-order valence-corrected chi connectivity index (χ3v) is 11.9. The predicted molar refractivity (Wildman–Crippen MR) is 270 cm³/mol. The van der Waals surface area contributed by atoms with E-state index >= 15 is 0 Å². The molecule has 366 valence electrons. The first-order valence-corrected chi connectivity index (χ1v) is 27.2. The lowest BCUT2D eigenvalue weighted by Gasteiger charge is -2.18. The molecule has 0 radical (unpaired) electrons. The van der Waals surface area contributed by atoms with Crippen molar-refractivity contribution in [2.24, 2.45) is 0 Å². The van der Waals surface area contributed by atoms with E-state index in [4.69, 9.17) is 14.2 Å². The van der Waals surface area contributed by atoms with E-state index in [1.54, 1.807) is 0 Å². The van der Waals surface area contributed by atoms with Crippen LogP contribution in [0.3, 0.4) is 0 Å². The average Bonchev–Trinajstić information content (AvgIpc) is 3.28. The van der Waals surface area contributed by atoms with Crippen LogP contribution in [0.25, 0.3) is 0 Å². The van der Waals surface area contributed by atoms with Gasteiger partial charge in [-0.1, -0.05) is 243 Å². The normalized spacial score (nSPS) is 12.4. The van der Waals surface area contributed by atoms with Crippen LogP contribution in [-0.4, -0.2) is 37.2 Å². The molecule has 0 saturated carbocycles. The van der Waals surface area contributed by atoms with Crippen molar-refractivity contribution in [3.05, 3.63) is 48.6 Å². The fourth-order valence-corrected chi connectivity index (χ4v) is 7.79. The standard InChI is InChI=1S/C57H102O6/c1-4-7-10-13-16-19-22-25-26-27-28-29-30-33-35-38-41-44-47-50-56(59)62-53-54(63-57(60)51-48-45-42-39-36-32-24-21-18-15-12-9-6-3)52-61-55(58)49-46-43-40-37-34-31-23-20-17-14-11-8-5-2/h9,12,15,18,21,24,31,34,54H,4-8,10-11,13-14,16-17,19-20,22-23,25-30,32-33,35-53H2,1-3H3/b12-9+,18-15+,24-21+,34-31+. The Morgan fingerprint density at radius 3 is 1.02 bits per heavy atom. The van der Waals surface area contributed by atoms with Gasteiger partial charge >= 0.3 is 17.9 Å². The summed E-state index contributed by atoms with van der Waals surface area (Å²) in [6.07, 6.45) is 62.5. The van der Waals surface area contributed by atoms with Crippen molar-refractivity contribution in [3.8, 4) is 0 Å². The van der Waals surface area contributed by atoms with Crippen LogP contribution >= 0.6 is 0 Å². The van der Waals surface area contributed by atoms with Gasteiger partial charge in [-0.25, -0.2) is 0 Å². The number of ether oxygens (including phenoxy) is 3. The van der Waals surface area contributed by atoms with Crippen molar-refractivity contribution in [1.82, 2.24) is 0 Å². The molecule has 0 saturated heterocycles. The van der Waals surface area contributed by atoms with Crippen molar-refractivity contribution in [2.75, 3.05) is 13.2 Å². The second kappa shape index (κ2) is 52.0. The molecule has 0 amide bonds. The first-order chi connectivity index (χ1) is 31.0. The fraction of sp³-hybridized carbons (Fsp3) is 0.807. The molecule has 63 heavy (non-hydrogen) atoms. The molecule has 0 heterocycles. The van der Waals surface area contributed by atoms with E-state index in [1.165, 1.54) is 141 Å². The minimum Gasteiger partial charge on any atom is -0.462 e. The molecule has 0 aliphatic carbocycles. The van der Waals surface area contributed by atoms with Crippen LogP contribution in [0.2, 0.25) is 0 Å². The molecule has 0 bridgehead atoms. The minimum atomic E-state index is -0.786. The van der Waals surface area contributed by atoms with Gasteiger partial charge in [0.1, 0.15) is 13.2 Å². The highest BCUT2D eigenvalue weighted by Crippen LogP contribution is 2.16. The summed E-state index contributed by atoms with van der Waals surface area (Å²) in [4.78, 5) is 38.0. The molecule has 0 spiro atoms. The molecule has 6 heteroatoms. The summed E-state index contributed by atoms with van der Waals surface area (Å²) >= 11 is 0. The van der Waals surface area contributed by atoms with Gasteiger partial charge in [-0.3, -0.25) is 14.4 Å². The third kappa shape index (κ3) is 50.2. The number of carbonyl (C=O) groups excluding carboxylic acids is 3. The van der Waals surface area contributed by atoms with E-state index in [0.29, 0.717) is 19.3 Å². The molecule has 0 aromatic carbocycles. The topological polar surface area (TPSA) is 78.9 Å². The average molecular weight is 883 g/mol. The molecular formula is C57H102O6. The van der Waals surface area contributed by atoms with E-state index in [-0.39, 0.29) is 31.1 Å². The molecule has 1 atom stereocenters. The highest BCUT2D eigenvalue weighted by atomic mass is 16.6. The van der Waals surface area contributed by atoms with Crippen LogP contribution in [0.4, 0.5) is 0 Å². The quantitative estimate of drug-likeness (QED) is 0.0199. The Morgan fingerprint density at radius 1 is 0.333 bits per heavy atom. The lowest BCUT2D eigenvalue weighted by molar-refractivity contribution is -0.167. The van der Waals surface area contributed by atoms with Gasteiger partial charge in [0.15, 0.2) is 6.10 Å². The monoisotopic (exact) mass is 883 g/mol. The van der Waals surface area contributed by atoms with Gasteiger partial charge in [0.2, 0.25) is 0 Å². The van der Waals surface area contributed by atoms with E-state index in [2.05, 4.69) is 69.4 Å². The molecule has 0 N–H and O–H groups in total. The first-order valence-electron chi connectivity index (χ1n) is 27.2. The molecule has 6 nitrogen and oxygen atoms in total. The maximum Gasteiger partial charge on any atom is 0.306 e. The summed E-state index contributed by atoms with van der Waals surface area (Å²) in [5.74, 6) is -0.911. The molecule has 1 unspecified atom stereocenters. The molecule has 0 fully saturated rings. The van der Waals surface area contributed by atoms with Crippen LogP contribution in [0.1, 0.15) is 278 Å². The van der Waals surface area contributed by atoms with Crippen LogP contribution in [0.5, 0.6) is 0 Å². The summed E-state index contributed by atoms with van der Waals surface area (Å²) in [5, 5.41) is 0. The van der Waals surface area contributed by atoms with Gasteiger partial charge in [0.25, 0.3) is 0 Å². The van der Waals surface area contributed by atoms with Crippen LogP contribution in [-0.2, 0) is 28.6 Å². The van der Waals surface area contributed by atoms with Crippen molar-refractivity contribution >= 4 is 17.9 Å². The Labute approximate surface area is 390 Å². The SMILES string of the molecule is CC/C=C/C=C/C=C/CCCCCCCC(=O)OC(COC(=O)CCCCC/C=C/CCCCCCCC)COC(=O)CCCCCCCCCCCCCCCCCCCCC. The van der Waals surface area contributed by atoms with Crippen molar-refractivity contribution < 1.29 is 28.6 Å². The van der Waals surface area contributed by atoms with Gasteiger partial charge in [0.05, 0.1) is 0 Å². The molecular weight excluding hydrogens is 781 g/mol. The van der Waals surface area contributed by atoms with Gasteiger partial charge in [0, 0.05) is 19.3 Å². The lowest BCUT2D eigenvalue weighted by Crippen LogP contribution is -2.30.